The molecule has 0 spiro atoms. The summed E-state index contributed by atoms with van der Waals surface area (Å²) in [6.07, 6.45) is 4.72. The molecular weight excluding hydrogens is 340 g/mol. The number of unbranched alkanes of at least 4 members (excludes halogenated alkanes) is 1. The Balaban J connectivity index is 2.39. The van der Waals surface area contributed by atoms with E-state index in [1.807, 2.05) is 30.3 Å². The van der Waals surface area contributed by atoms with Crippen LogP contribution in [0.1, 0.15) is 31.2 Å². The minimum absolute atomic E-state index is 0.0856. The van der Waals surface area contributed by atoms with Crippen molar-refractivity contribution < 1.29 is 25.2 Å². The van der Waals surface area contributed by atoms with Gasteiger partial charge in [-0.2, -0.15) is 16.8 Å². The standard InChI is InChI=1S/C15H24O6S2/c1-22(16,17)20-13-12-15(21-23(2,18)19)11-7-6-10-14-8-4-3-5-9-14/h3-5,8-9,15H,6-7,10-13H2,1-2H3/t15-/m0/s1. The molecule has 0 radical (unpaired) electrons. The SMILES string of the molecule is CS(=O)(=O)OCC[C@H](CCCCc1ccccc1)OS(C)(=O)=O. The maximum absolute atomic E-state index is 11.3. The second kappa shape index (κ2) is 9.36. The van der Waals surface area contributed by atoms with Crippen molar-refractivity contribution in [2.24, 2.45) is 0 Å². The lowest BCUT2D eigenvalue weighted by molar-refractivity contribution is 0.160. The zero-order valence-corrected chi connectivity index (χ0v) is 15.1. The monoisotopic (exact) mass is 364 g/mol. The summed E-state index contributed by atoms with van der Waals surface area (Å²) < 4.78 is 54.1. The van der Waals surface area contributed by atoms with Crippen LogP contribution in [-0.4, -0.2) is 42.1 Å². The quantitative estimate of drug-likeness (QED) is 0.441. The number of hydrogen-bond donors (Lipinski definition) is 0. The summed E-state index contributed by atoms with van der Waals surface area (Å²) in [5.74, 6) is 0. The van der Waals surface area contributed by atoms with Crippen LogP contribution in [0.2, 0.25) is 0 Å². The van der Waals surface area contributed by atoms with Crippen molar-refractivity contribution in [3.05, 3.63) is 35.9 Å². The van der Waals surface area contributed by atoms with Crippen molar-refractivity contribution in [1.82, 2.24) is 0 Å². The van der Waals surface area contributed by atoms with Gasteiger partial charge in [0.15, 0.2) is 0 Å². The predicted octanol–water partition coefficient (Wildman–Crippen LogP) is 2.11. The van der Waals surface area contributed by atoms with Crippen LogP contribution >= 0.6 is 0 Å². The number of benzene rings is 1. The molecule has 0 aliphatic carbocycles. The van der Waals surface area contributed by atoms with E-state index < -0.39 is 26.3 Å². The highest BCUT2D eigenvalue weighted by atomic mass is 32.2. The van der Waals surface area contributed by atoms with Gasteiger partial charge in [0, 0.05) is 0 Å². The molecule has 132 valence electrons. The van der Waals surface area contributed by atoms with Crippen LogP contribution in [0.25, 0.3) is 0 Å². The third kappa shape index (κ3) is 11.2. The highest BCUT2D eigenvalue weighted by molar-refractivity contribution is 7.86. The third-order valence-electron chi connectivity index (χ3n) is 3.13. The Morgan fingerprint density at radius 3 is 2.13 bits per heavy atom. The summed E-state index contributed by atoms with van der Waals surface area (Å²) in [6.45, 7) is -0.0856. The van der Waals surface area contributed by atoms with E-state index in [0.717, 1.165) is 31.8 Å². The van der Waals surface area contributed by atoms with Gasteiger partial charge in [0.2, 0.25) is 0 Å². The number of hydrogen-bond acceptors (Lipinski definition) is 6. The molecular formula is C15H24O6S2. The first-order valence-electron chi connectivity index (χ1n) is 7.42. The van der Waals surface area contributed by atoms with Gasteiger partial charge in [0.1, 0.15) is 0 Å². The molecule has 0 saturated heterocycles. The molecule has 0 N–H and O–H groups in total. The van der Waals surface area contributed by atoms with E-state index in [0.29, 0.717) is 6.42 Å². The molecule has 0 bridgehead atoms. The summed E-state index contributed by atoms with van der Waals surface area (Å²) in [4.78, 5) is 0. The molecule has 0 fully saturated rings. The summed E-state index contributed by atoms with van der Waals surface area (Å²) in [7, 11) is -7.11. The summed E-state index contributed by atoms with van der Waals surface area (Å²) in [6, 6.07) is 10.0. The fraction of sp³-hybridized carbons (Fsp3) is 0.600. The fourth-order valence-corrected chi connectivity index (χ4v) is 3.25. The van der Waals surface area contributed by atoms with Crippen LogP contribution < -0.4 is 0 Å². The van der Waals surface area contributed by atoms with E-state index >= 15 is 0 Å². The van der Waals surface area contributed by atoms with Crippen LogP contribution in [0.4, 0.5) is 0 Å². The van der Waals surface area contributed by atoms with Crippen LogP contribution in [0.3, 0.4) is 0 Å². The Hall–Kier alpha value is -0.960. The molecule has 0 aromatic heterocycles. The van der Waals surface area contributed by atoms with Gasteiger partial charge in [-0.05, 0) is 31.2 Å². The first-order chi connectivity index (χ1) is 10.7. The highest BCUT2D eigenvalue weighted by Gasteiger charge is 2.16. The molecule has 6 nitrogen and oxygen atoms in total. The fourth-order valence-electron chi connectivity index (χ4n) is 2.16. The average Bonchev–Trinajstić information content (AvgIpc) is 2.41. The van der Waals surface area contributed by atoms with Gasteiger partial charge in [0.05, 0.1) is 25.2 Å². The molecule has 1 aromatic rings. The third-order valence-corrected chi connectivity index (χ3v) is 4.35. The molecule has 0 saturated carbocycles. The molecule has 1 aromatic carbocycles. The summed E-state index contributed by atoms with van der Waals surface area (Å²) in [5, 5.41) is 0. The van der Waals surface area contributed by atoms with Gasteiger partial charge in [-0.25, -0.2) is 0 Å². The van der Waals surface area contributed by atoms with Crippen LogP contribution in [0, 0.1) is 0 Å². The van der Waals surface area contributed by atoms with Crippen molar-refractivity contribution in [3.8, 4) is 0 Å². The van der Waals surface area contributed by atoms with Crippen molar-refractivity contribution in [2.45, 2.75) is 38.2 Å². The number of aryl methyl sites for hydroxylation is 1. The van der Waals surface area contributed by atoms with Crippen LogP contribution in [0.15, 0.2) is 30.3 Å². The van der Waals surface area contributed by atoms with Gasteiger partial charge >= 0.3 is 0 Å². The summed E-state index contributed by atoms with van der Waals surface area (Å²) >= 11 is 0. The molecule has 0 heterocycles. The van der Waals surface area contributed by atoms with E-state index in [4.69, 9.17) is 4.18 Å². The minimum atomic E-state index is -3.58. The zero-order chi connectivity index (χ0) is 17.3. The van der Waals surface area contributed by atoms with Crippen molar-refractivity contribution in [3.63, 3.8) is 0 Å². The Kier molecular flexibility index (Phi) is 8.18. The molecule has 1 atom stereocenters. The van der Waals surface area contributed by atoms with E-state index in [-0.39, 0.29) is 13.0 Å². The Bertz CT molecular complexity index is 652. The molecule has 23 heavy (non-hydrogen) atoms. The van der Waals surface area contributed by atoms with E-state index in [2.05, 4.69) is 4.18 Å². The Morgan fingerprint density at radius 1 is 0.913 bits per heavy atom. The first kappa shape index (κ1) is 20.1. The van der Waals surface area contributed by atoms with Crippen molar-refractivity contribution >= 4 is 20.2 Å². The minimum Gasteiger partial charge on any atom is -0.270 e. The van der Waals surface area contributed by atoms with Gasteiger partial charge in [0.25, 0.3) is 20.2 Å². The van der Waals surface area contributed by atoms with Crippen LogP contribution in [-0.2, 0) is 35.0 Å². The highest BCUT2D eigenvalue weighted by Crippen LogP contribution is 2.14. The topological polar surface area (TPSA) is 86.7 Å². The van der Waals surface area contributed by atoms with Gasteiger partial charge in [-0.1, -0.05) is 36.8 Å². The molecule has 0 unspecified atom stereocenters. The Morgan fingerprint density at radius 2 is 1.57 bits per heavy atom. The Labute approximate surface area is 139 Å². The normalized spacial score (nSPS) is 13.8. The predicted molar refractivity (Wildman–Crippen MR) is 89.1 cm³/mol. The second-order valence-electron chi connectivity index (χ2n) is 5.47. The lowest BCUT2D eigenvalue weighted by Crippen LogP contribution is -2.20. The molecule has 0 aliphatic rings. The van der Waals surface area contributed by atoms with Crippen molar-refractivity contribution in [1.29, 1.82) is 0 Å². The first-order valence-corrected chi connectivity index (χ1v) is 11.1. The maximum Gasteiger partial charge on any atom is 0.264 e. The second-order valence-corrected chi connectivity index (χ2v) is 8.71. The molecule has 0 amide bonds. The summed E-state index contributed by atoms with van der Waals surface area (Å²) in [5.41, 5.74) is 1.23. The van der Waals surface area contributed by atoms with E-state index in [1.54, 1.807) is 0 Å². The van der Waals surface area contributed by atoms with Gasteiger partial charge < -0.3 is 0 Å². The zero-order valence-electron chi connectivity index (χ0n) is 13.5. The average molecular weight is 364 g/mol. The smallest absolute Gasteiger partial charge is 0.264 e. The lowest BCUT2D eigenvalue weighted by atomic mass is 10.0. The number of rotatable bonds is 11. The lowest BCUT2D eigenvalue weighted by Gasteiger charge is -2.16. The van der Waals surface area contributed by atoms with E-state index in [9.17, 15) is 16.8 Å². The largest absolute Gasteiger partial charge is 0.270 e. The van der Waals surface area contributed by atoms with Crippen LogP contribution in [0.5, 0.6) is 0 Å². The molecule has 0 aliphatic heterocycles. The van der Waals surface area contributed by atoms with E-state index in [1.165, 1.54) is 5.56 Å². The maximum atomic E-state index is 11.3. The van der Waals surface area contributed by atoms with Crippen molar-refractivity contribution in [2.75, 3.05) is 19.1 Å². The molecule has 1 rings (SSSR count). The van der Waals surface area contributed by atoms with Gasteiger partial charge in [-0.3, -0.25) is 8.37 Å². The molecule has 8 heteroatoms. The van der Waals surface area contributed by atoms with Gasteiger partial charge in [-0.15, -0.1) is 0 Å².